The van der Waals surface area contributed by atoms with Gasteiger partial charge in [0, 0.05) is 5.56 Å². The van der Waals surface area contributed by atoms with Gasteiger partial charge in [0.05, 0.1) is 11.9 Å². The number of aromatic hydroxyl groups is 1. The first-order valence-corrected chi connectivity index (χ1v) is 9.00. The Morgan fingerprint density at radius 2 is 2.18 bits per heavy atom. The maximum atomic E-state index is 9.75. The number of hydrazine groups is 1. The molecule has 1 aliphatic carbocycles. The van der Waals surface area contributed by atoms with E-state index in [4.69, 9.17) is 4.74 Å². The number of fused-ring (bicyclic) bond motifs is 1. The summed E-state index contributed by atoms with van der Waals surface area (Å²) in [4.78, 5) is 0. The highest BCUT2D eigenvalue weighted by atomic mass is 127. The van der Waals surface area contributed by atoms with Crippen LogP contribution in [-0.4, -0.2) is 27.1 Å². The number of phenolic OH excluding ortho intramolecular Hbond substituents is 1. The topological polar surface area (TPSA) is 56.8 Å². The molecule has 4 rings (SSSR count). The van der Waals surface area contributed by atoms with Gasteiger partial charge in [0.25, 0.3) is 0 Å². The lowest BCUT2D eigenvalue weighted by Gasteiger charge is -2.32. The summed E-state index contributed by atoms with van der Waals surface area (Å²) in [5, 5.41) is 15.5. The maximum absolute atomic E-state index is 9.75. The summed E-state index contributed by atoms with van der Waals surface area (Å²) in [6.07, 6.45) is 6.87. The first-order valence-electron chi connectivity index (χ1n) is 7.48. The minimum atomic E-state index is 0.00251. The number of nitrogens with zero attached hydrogens (tertiary/aromatic N) is 1. The molecule has 2 unspecified atom stereocenters. The molecule has 116 valence electrons. The van der Waals surface area contributed by atoms with Crippen LogP contribution in [-0.2, 0) is 4.74 Å². The molecule has 0 bridgehead atoms. The number of ether oxygens (including phenoxy) is 1. The Balaban J connectivity index is 1.68. The van der Waals surface area contributed by atoms with Crippen molar-refractivity contribution in [1.82, 2.24) is 15.8 Å². The molecular formula is C16H18IN3O2. The van der Waals surface area contributed by atoms with Gasteiger partial charge in [0.15, 0.2) is 6.17 Å². The lowest BCUT2D eigenvalue weighted by molar-refractivity contribution is 0.186. The van der Waals surface area contributed by atoms with Crippen LogP contribution < -0.4 is 10.7 Å². The van der Waals surface area contributed by atoms with Crippen LogP contribution >= 0.6 is 22.6 Å². The molecule has 0 amide bonds. The van der Waals surface area contributed by atoms with Gasteiger partial charge in [-0.25, -0.2) is 5.43 Å². The fourth-order valence-corrected chi connectivity index (χ4v) is 3.38. The van der Waals surface area contributed by atoms with E-state index in [2.05, 4.69) is 38.3 Å². The van der Waals surface area contributed by atoms with Crippen molar-refractivity contribution in [2.24, 2.45) is 5.92 Å². The SMILES string of the molecule is Oc1cccc(C2=CC=C(OCI)C3NC(C4CC4)NN23)c1. The predicted octanol–water partition coefficient (Wildman–Crippen LogP) is 2.51. The molecule has 2 heterocycles. The lowest BCUT2D eigenvalue weighted by atomic mass is 10.1. The Hall–Kier alpha value is -1.25. The Morgan fingerprint density at radius 1 is 1.32 bits per heavy atom. The second-order valence-corrected chi connectivity index (χ2v) is 6.43. The summed E-state index contributed by atoms with van der Waals surface area (Å²) in [7, 11) is 0. The Kier molecular flexibility index (Phi) is 3.75. The number of allylic oxidation sites excluding steroid dienone is 2. The van der Waals surface area contributed by atoms with E-state index in [0.29, 0.717) is 10.5 Å². The summed E-state index contributed by atoms with van der Waals surface area (Å²) < 4.78 is 6.39. The van der Waals surface area contributed by atoms with Crippen molar-refractivity contribution < 1.29 is 9.84 Å². The highest BCUT2D eigenvalue weighted by molar-refractivity contribution is 14.1. The van der Waals surface area contributed by atoms with Gasteiger partial charge in [-0.1, -0.05) is 12.1 Å². The zero-order valence-corrected chi connectivity index (χ0v) is 14.2. The maximum Gasteiger partial charge on any atom is 0.154 e. The third kappa shape index (κ3) is 2.59. The van der Waals surface area contributed by atoms with E-state index < -0.39 is 0 Å². The predicted molar refractivity (Wildman–Crippen MR) is 92.5 cm³/mol. The summed E-state index contributed by atoms with van der Waals surface area (Å²) in [6, 6.07) is 7.34. The molecule has 22 heavy (non-hydrogen) atoms. The van der Waals surface area contributed by atoms with Crippen molar-refractivity contribution in [1.29, 1.82) is 0 Å². The fourth-order valence-electron chi connectivity index (χ4n) is 3.02. The molecule has 0 radical (unpaired) electrons. The van der Waals surface area contributed by atoms with Crippen LogP contribution in [0.25, 0.3) is 5.70 Å². The minimum Gasteiger partial charge on any atom is -0.508 e. The lowest BCUT2D eigenvalue weighted by Crippen LogP contribution is -2.41. The normalized spacial score (nSPS) is 27.2. The standard InChI is InChI=1S/C16H18IN3O2/c17-9-22-14-7-6-13(11-2-1-3-12(21)8-11)20-16(14)18-15(19-20)10-4-5-10/h1-3,6-8,10,15-16,18-19,21H,4-5,9H2. The summed E-state index contributed by atoms with van der Waals surface area (Å²) in [5.74, 6) is 1.89. The molecule has 0 aromatic heterocycles. The number of rotatable bonds is 4. The second kappa shape index (κ2) is 5.75. The Labute approximate surface area is 143 Å². The highest BCUT2D eigenvalue weighted by Crippen LogP contribution is 2.38. The summed E-state index contributed by atoms with van der Waals surface area (Å²) in [6.45, 7) is 0. The van der Waals surface area contributed by atoms with Crippen LogP contribution in [0.4, 0.5) is 0 Å². The minimum absolute atomic E-state index is 0.00251. The van der Waals surface area contributed by atoms with Crippen LogP contribution in [0.1, 0.15) is 18.4 Å². The molecule has 1 saturated heterocycles. The average Bonchev–Trinajstić information content (AvgIpc) is 3.27. The van der Waals surface area contributed by atoms with E-state index >= 15 is 0 Å². The zero-order valence-electron chi connectivity index (χ0n) is 12.0. The second-order valence-electron chi connectivity index (χ2n) is 5.81. The molecular weight excluding hydrogens is 393 g/mol. The summed E-state index contributed by atoms with van der Waals surface area (Å²) >= 11 is 2.21. The van der Waals surface area contributed by atoms with Gasteiger partial charge in [-0.2, -0.15) is 0 Å². The molecule has 3 N–H and O–H groups in total. The highest BCUT2D eigenvalue weighted by Gasteiger charge is 2.43. The van der Waals surface area contributed by atoms with Crippen molar-refractivity contribution in [3.8, 4) is 5.75 Å². The molecule has 1 aromatic carbocycles. The van der Waals surface area contributed by atoms with Crippen molar-refractivity contribution in [2.75, 3.05) is 4.61 Å². The quantitative estimate of drug-likeness (QED) is 0.525. The molecule has 2 aliphatic heterocycles. The van der Waals surface area contributed by atoms with E-state index in [1.807, 2.05) is 24.3 Å². The number of hydrogen-bond acceptors (Lipinski definition) is 5. The number of nitrogens with one attached hydrogen (secondary N) is 2. The van der Waals surface area contributed by atoms with Gasteiger partial charge in [-0.05, 0) is 65.6 Å². The van der Waals surface area contributed by atoms with Gasteiger partial charge in [0.1, 0.15) is 16.1 Å². The fraction of sp³-hybridized carbons (Fsp3) is 0.375. The van der Waals surface area contributed by atoms with Gasteiger partial charge in [-0.3, -0.25) is 10.3 Å². The molecule has 0 spiro atoms. The van der Waals surface area contributed by atoms with E-state index in [1.54, 1.807) is 12.1 Å². The first kappa shape index (κ1) is 14.3. The largest absolute Gasteiger partial charge is 0.508 e. The molecule has 5 nitrogen and oxygen atoms in total. The van der Waals surface area contributed by atoms with Crippen LogP contribution in [0.5, 0.6) is 5.75 Å². The number of halogens is 1. The van der Waals surface area contributed by atoms with Gasteiger partial charge >= 0.3 is 0 Å². The van der Waals surface area contributed by atoms with E-state index in [1.165, 1.54) is 12.8 Å². The zero-order chi connectivity index (χ0) is 15.1. The molecule has 3 aliphatic rings. The van der Waals surface area contributed by atoms with Crippen molar-refractivity contribution >= 4 is 28.3 Å². The van der Waals surface area contributed by atoms with Crippen molar-refractivity contribution in [3.05, 3.63) is 47.7 Å². The number of hydrogen-bond donors (Lipinski definition) is 3. The van der Waals surface area contributed by atoms with Crippen LogP contribution in [0, 0.1) is 5.92 Å². The van der Waals surface area contributed by atoms with E-state index in [9.17, 15) is 5.11 Å². The molecule has 1 saturated carbocycles. The van der Waals surface area contributed by atoms with Crippen LogP contribution in [0.15, 0.2) is 42.2 Å². The van der Waals surface area contributed by atoms with Gasteiger partial charge in [0.2, 0.25) is 0 Å². The average molecular weight is 411 g/mol. The molecule has 2 atom stereocenters. The molecule has 6 heteroatoms. The van der Waals surface area contributed by atoms with E-state index in [-0.39, 0.29) is 18.1 Å². The first-order chi connectivity index (χ1) is 10.8. The third-order valence-corrected chi connectivity index (χ3v) is 4.58. The molecule has 2 fully saturated rings. The van der Waals surface area contributed by atoms with Gasteiger partial charge in [-0.15, -0.1) is 0 Å². The Bertz CT molecular complexity index is 642. The van der Waals surface area contributed by atoms with Crippen LogP contribution in [0.2, 0.25) is 0 Å². The van der Waals surface area contributed by atoms with Crippen molar-refractivity contribution in [3.63, 3.8) is 0 Å². The Morgan fingerprint density at radius 3 is 2.91 bits per heavy atom. The number of benzene rings is 1. The van der Waals surface area contributed by atoms with Gasteiger partial charge < -0.3 is 9.84 Å². The smallest absolute Gasteiger partial charge is 0.154 e. The third-order valence-electron chi connectivity index (χ3n) is 4.26. The molecule has 1 aromatic rings. The number of phenols is 1. The monoisotopic (exact) mass is 411 g/mol. The van der Waals surface area contributed by atoms with Crippen LogP contribution in [0.3, 0.4) is 0 Å². The summed E-state index contributed by atoms with van der Waals surface area (Å²) in [5.41, 5.74) is 5.59. The van der Waals surface area contributed by atoms with Crippen molar-refractivity contribution in [2.45, 2.75) is 25.2 Å². The number of alkyl halides is 1. The van der Waals surface area contributed by atoms with E-state index in [0.717, 1.165) is 17.0 Å².